The second-order valence-corrected chi connectivity index (χ2v) is 5.27. The van der Waals surface area contributed by atoms with Crippen molar-refractivity contribution in [3.05, 3.63) is 0 Å². The normalized spacial score (nSPS) is 19.7. The second kappa shape index (κ2) is 11.1. The highest BCUT2D eigenvalue weighted by Gasteiger charge is 2.28. The third-order valence-corrected chi connectivity index (χ3v) is 3.91. The largest absolute Gasteiger partial charge is 0.373 e. The third kappa shape index (κ3) is 7.60. The van der Waals surface area contributed by atoms with Gasteiger partial charge in [0.15, 0.2) is 0 Å². The van der Waals surface area contributed by atoms with Crippen LogP contribution in [0.15, 0.2) is 0 Å². The smallest absolute Gasteiger partial charge is 0.0824 e. The van der Waals surface area contributed by atoms with E-state index in [0.29, 0.717) is 6.10 Å². The van der Waals surface area contributed by atoms with Gasteiger partial charge >= 0.3 is 0 Å². The fourth-order valence-electron chi connectivity index (χ4n) is 2.68. The lowest BCUT2D eigenvalue weighted by Gasteiger charge is -2.29. The summed E-state index contributed by atoms with van der Waals surface area (Å²) in [5.41, 5.74) is 0. The van der Waals surface area contributed by atoms with Crippen molar-refractivity contribution in [1.82, 2.24) is 4.90 Å². The molecule has 0 saturated carbocycles. The Hall–Kier alpha value is 0.210. The second-order valence-electron chi connectivity index (χ2n) is 5.27. The van der Waals surface area contributed by atoms with E-state index in [9.17, 15) is 0 Å². The molecule has 3 heteroatoms. The van der Waals surface area contributed by atoms with E-state index in [2.05, 4.69) is 25.7 Å². The fourth-order valence-corrected chi connectivity index (χ4v) is 2.68. The molecule has 2 unspecified atom stereocenters. The minimum atomic E-state index is 0. The predicted octanol–water partition coefficient (Wildman–Crippen LogP) is 4.27. The molecule has 1 saturated heterocycles. The molecule has 0 spiro atoms. The molecule has 110 valence electrons. The summed E-state index contributed by atoms with van der Waals surface area (Å²) in [6, 6.07) is 0.763. The van der Waals surface area contributed by atoms with Gasteiger partial charge in [0, 0.05) is 6.04 Å². The van der Waals surface area contributed by atoms with Crippen LogP contribution in [0.1, 0.15) is 65.7 Å². The highest BCUT2D eigenvalue weighted by Crippen LogP contribution is 2.22. The van der Waals surface area contributed by atoms with E-state index >= 15 is 0 Å². The SMILES string of the molecule is CCCCCCCC(CC1CO1)N(CC)CC.Cl. The van der Waals surface area contributed by atoms with E-state index in [1.807, 2.05) is 0 Å². The predicted molar refractivity (Wildman–Crippen MR) is 81.7 cm³/mol. The van der Waals surface area contributed by atoms with Crippen molar-refractivity contribution < 1.29 is 4.74 Å². The van der Waals surface area contributed by atoms with Crippen LogP contribution in [0.4, 0.5) is 0 Å². The molecule has 0 bridgehead atoms. The molecule has 0 aromatic rings. The van der Waals surface area contributed by atoms with Crippen LogP contribution in [0.3, 0.4) is 0 Å². The van der Waals surface area contributed by atoms with Crippen molar-refractivity contribution >= 4 is 12.4 Å². The Morgan fingerprint density at radius 2 is 1.67 bits per heavy atom. The first-order valence-electron chi connectivity index (χ1n) is 7.67. The standard InChI is InChI=1S/C15H31NO.ClH/c1-4-7-8-9-10-11-14(12-15-13-17-15)16(5-2)6-3;/h14-15H,4-13H2,1-3H3;1H. The van der Waals surface area contributed by atoms with E-state index in [4.69, 9.17) is 4.74 Å². The van der Waals surface area contributed by atoms with Crippen molar-refractivity contribution in [2.75, 3.05) is 19.7 Å². The lowest BCUT2D eigenvalue weighted by Crippen LogP contribution is -2.36. The number of hydrogen-bond donors (Lipinski definition) is 0. The molecule has 0 N–H and O–H groups in total. The topological polar surface area (TPSA) is 15.8 Å². The van der Waals surface area contributed by atoms with Gasteiger partial charge in [-0.1, -0.05) is 52.9 Å². The molecule has 0 radical (unpaired) electrons. The molecule has 1 heterocycles. The van der Waals surface area contributed by atoms with Crippen LogP contribution in [0.2, 0.25) is 0 Å². The third-order valence-electron chi connectivity index (χ3n) is 3.91. The van der Waals surface area contributed by atoms with Gasteiger partial charge in [-0.25, -0.2) is 0 Å². The molecule has 1 fully saturated rings. The molecular formula is C15H32ClNO. The zero-order valence-corrected chi connectivity index (χ0v) is 13.3. The van der Waals surface area contributed by atoms with Crippen LogP contribution in [0.25, 0.3) is 0 Å². The van der Waals surface area contributed by atoms with Gasteiger partial charge in [-0.2, -0.15) is 0 Å². The highest BCUT2D eigenvalue weighted by atomic mass is 35.5. The maximum atomic E-state index is 5.40. The number of unbranched alkanes of at least 4 members (excludes halogenated alkanes) is 4. The lowest BCUT2D eigenvalue weighted by molar-refractivity contribution is 0.179. The van der Waals surface area contributed by atoms with Gasteiger partial charge in [-0.3, -0.25) is 0 Å². The Labute approximate surface area is 120 Å². The molecule has 2 atom stereocenters. The van der Waals surface area contributed by atoms with Crippen LogP contribution < -0.4 is 0 Å². The van der Waals surface area contributed by atoms with Crippen LogP contribution in [0, 0.1) is 0 Å². The Bertz CT molecular complexity index is 181. The molecule has 1 rings (SSSR count). The van der Waals surface area contributed by atoms with Crippen molar-refractivity contribution in [2.45, 2.75) is 77.9 Å². The molecule has 18 heavy (non-hydrogen) atoms. The molecule has 1 aliphatic heterocycles. The number of ether oxygens (including phenoxy) is 1. The molecule has 2 nitrogen and oxygen atoms in total. The van der Waals surface area contributed by atoms with Crippen LogP contribution in [-0.4, -0.2) is 36.7 Å². The van der Waals surface area contributed by atoms with Gasteiger partial charge in [0.05, 0.1) is 12.7 Å². The lowest BCUT2D eigenvalue weighted by atomic mass is 10.0. The summed E-state index contributed by atoms with van der Waals surface area (Å²) < 4.78 is 5.40. The summed E-state index contributed by atoms with van der Waals surface area (Å²) in [5.74, 6) is 0. The van der Waals surface area contributed by atoms with Crippen molar-refractivity contribution in [3.8, 4) is 0 Å². The summed E-state index contributed by atoms with van der Waals surface area (Å²) in [6.07, 6.45) is 10.2. The summed E-state index contributed by atoms with van der Waals surface area (Å²) in [5, 5.41) is 0. The minimum Gasteiger partial charge on any atom is -0.373 e. The Kier molecular flexibility index (Phi) is 11.2. The summed E-state index contributed by atoms with van der Waals surface area (Å²) in [6.45, 7) is 10.2. The minimum absolute atomic E-state index is 0. The maximum Gasteiger partial charge on any atom is 0.0824 e. The van der Waals surface area contributed by atoms with Gasteiger partial charge in [0.25, 0.3) is 0 Å². The highest BCUT2D eigenvalue weighted by molar-refractivity contribution is 5.85. The average Bonchev–Trinajstić information content (AvgIpc) is 3.14. The van der Waals surface area contributed by atoms with Gasteiger partial charge in [-0.15, -0.1) is 12.4 Å². The van der Waals surface area contributed by atoms with Crippen LogP contribution >= 0.6 is 12.4 Å². The summed E-state index contributed by atoms with van der Waals surface area (Å²) in [4.78, 5) is 2.61. The Morgan fingerprint density at radius 3 is 2.17 bits per heavy atom. The molecule has 0 aromatic heterocycles. The van der Waals surface area contributed by atoms with Crippen LogP contribution in [-0.2, 0) is 4.74 Å². The maximum absolute atomic E-state index is 5.40. The van der Waals surface area contributed by atoms with Gasteiger partial charge < -0.3 is 9.64 Å². The molecule has 0 amide bonds. The zero-order valence-electron chi connectivity index (χ0n) is 12.5. The van der Waals surface area contributed by atoms with Crippen molar-refractivity contribution in [3.63, 3.8) is 0 Å². The van der Waals surface area contributed by atoms with Crippen molar-refractivity contribution in [1.29, 1.82) is 0 Å². The number of nitrogens with zero attached hydrogens (tertiary/aromatic N) is 1. The first-order chi connectivity index (χ1) is 8.31. The Morgan fingerprint density at radius 1 is 1.06 bits per heavy atom. The number of hydrogen-bond acceptors (Lipinski definition) is 2. The molecule has 0 aliphatic carbocycles. The molecule has 0 aromatic carbocycles. The summed E-state index contributed by atoms with van der Waals surface area (Å²) >= 11 is 0. The van der Waals surface area contributed by atoms with E-state index in [1.54, 1.807) is 0 Å². The zero-order chi connectivity index (χ0) is 12.5. The van der Waals surface area contributed by atoms with Crippen molar-refractivity contribution in [2.24, 2.45) is 0 Å². The van der Waals surface area contributed by atoms with Crippen LogP contribution in [0.5, 0.6) is 0 Å². The van der Waals surface area contributed by atoms with Gasteiger partial charge in [0.1, 0.15) is 0 Å². The van der Waals surface area contributed by atoms with Gasteiger partial charge in [-0.05, 0) is 25.9 Å². The van der Waals surface area contributed by atoms with E-state index in [0.717, 1.165) is 12.6 Å². The first kappa shape index (κ1) is 18.2. The average molecular weight is 278 g/mol. The molecular weight excluding hydrogens is 246 g/mol. The van der Waals surface area contributed by atoms with E-state index in [1.165, 1.54) is 58.0 Å². The number of epoxide rings is 1. The number of halogens is 1. The summed E-state index contributed by atoms with van der Waals surface area (Å²) in [7, 11) is 0. The molecule has 1 aliphatic rings. The fraction of sp³-hybridized carbons (Fsp3) is 1.00. The first-order valence-corrected chi connectivity index (χ1v) is 7.67. The van der Waals surface area contributed by atoms with E-state index in [-0.39, 0.29) is 12.4 Å². The van der Waals surface area contributed by atoms with Gasteiger partial charge in [0.2, 0.25) is 0 Å². The van der Waals surface area contributed by atoms with E-state index < -0.39 is 0 Å². The monoisotopic (exact) mass is 277 g/mol. The Balaban J connectivity index is 0.00000289. The number of rotatable bonds is 11. The quantitative estimate of drug-likeness (QED) is 0.414.